The van der Waals surface area contributed by atoms with Gasteiger partial charge in [-0.15, -0.1) is 0 Å². The number of carbonyl (C=O) groups excluding carboxylic acids is 2. The van der Waals surface area contributed by atoms with Crippen molar-refractivity contribution in [3.05, 3.63) is 0 Å². The van der Waals surface area contributed by atoms with E-state index >= 15 is 0 Å². The van der Waals surface area contributed by atoms with Crippen LogP contribution in [0.1, 0.15) is 44.9 Å². The first-order valence-electron chi connectivity index (χ1n) is 15.4. The van der Waals surface area contributed by atoms with Crippen LogP contribution in [-0.4, -0.2) is 124 Å². The predicted octanol–water partition coefficient (Wildman–Crippen LogP) is -2.35. The molecular weight excluding hydrogens is 552 g/mol. The van der Waals surface area contributed by atoms with Crippen LogP contribution in [0.15, 0.2) is 0 Å². The molecule has 0 radical (unpaired) electrons. The zero-order valence-corrected chi connectivity index (χ0v) is 24.1. The first-order valence-corrected chi connectivity index (χ1v) is 15.4. The Balaban J connectivity index is 1.35. The highest BCUT2D eigenvalue weighted by atomic mass is 16.7. The molecule has 9 N–H and O–H groups in total. The van der Waals surface area contributed by atoms with Crippen molar-refractivity contribution in [3.8, 4) is 0 Å². The number of aliphatic hydroxyl groups excluding tert-OH is 6. The number of fused-ring (bicyclic) bond motifs is 2. The van der Waals surface area contributed by atoms with Crippen molar-refractivity contribution in [1.29, 1.82) is 0 Å². The number of carbonyl (C=O) groups is 2. The Morgan fingerprint density at radius 3 is 2.24 bits per heavy atom. The van der Waals surface area contributed by atoms with Gasteiger partial charge in [-0.25, -0.2) is 0 Å². The molecule has 16 unspecified atom stereocenters. The fourth-order valence-electron chi connectivity index (χ4n) is 8.42. The predicted molar refractivity (Wildman–Crippen MR) is 145 cm³/mol. The maximum atomic E-state index is 14.2. The van der Waals surface area contributed by atoms with Crippen LogP contribution in [0.4, 0.5) is 0 Å². The van der Waals surface area contributed by atoms with E-state index in [0.717, 1.165) is 32.2 Å². The largest absolute Gasteiger partial charge is 0.396 e. The SMILES string of the molecule is COC1CC(OC2OC(CO)C(O)C(O)C2O)C2C(=O)C3C(O)CC(CCC4CCC(N)NC4)CC3C(=O)C2C1CO. The van der Waals surface area contributed by atoms with Crippen LogP contribution in [0.5, 0.6) is 0 Å². The van der Waals surface area contributed by atoms with Gasteiger partial charge in [-0.1, -0.05) is 6.42 Å². The van der Waals surface area contributed by atoms with Gasteiger partial charge in [-0.3, -0.25) is 9.59 Å². The lowest BCUT2D eigenvalue weighted by molar-refractivity contribution is -0.320. The number of methoxy groups -OCH3 is 1. The highest BCUT2D eigenvalue weighted by molar-refractivity contribution is 6.00. The van der Waals surface area contributed by atoms with Crippen molar-refractivity contribution in [1.82, 2.24) is 5.32 Å². The minimum atomic E-state index is -1.68. The third-order valence-electron chi connectivity index (χ3n) is 10.8. The molecule has 13 nitrogen and oxygen atoms in total. The number of piperidine rings is 1. The van der Waals surface area contributed by atoms with Gasteiger partial charge in [-0.05, 0) is 50.5 Å². The highest BCUT2D eigenvalue weighted by Crippen LogP contribution is 2.51. The number of Topliss-reactive ketones (excluding diaryl/α,β-unsaturated/α-hetero) is 2. The molecule has 5 fully saturated rings. The van der Waals surface area contributed by atoms with Crippen LogP contribution >= 0.6 is 0 Å². The van der Waals surface area contributed by atoms with Crippen molar-refractivity contribution >= 4 is 11.6 Å². The van der Waals surface area contributed by atoms with E-state index in [0.29, 0.717) is 18.8 Å². The summed E-state index contributed by atoms with van der Waals surface area (Å²) in [4.78, 5) is 28.4. The minimum Gasteiger partial charge on any atom is -0.396 e. The first kappa shape index (κ1) is 32.3. The molecule has 16 atom stereocenters. The lowest BCUT2D eigenvalue weighted by Gasteiger charge is -2.53. The van der Waals surface area contributed by atoms with Crippen LogP contribution < -0.4 is 11.1 Å². The number of aliphatic hydroxyl groups is 6. The number of ketones is 2. The average Bonchev–Trinajstić information content (AvgIpc) is 2.98. The molecule has 2 saturated heterocycles. The number of hydrogen-bond acceptors (Lipinski definition) is 13. The zero-order chi connectivity index (χ0) is 30.3. The number of nitrogens with one attached hydrogen (secondary N) is 1. The van der Waals surface area contributed by atoms with Gasteiger partial charge in [0.05, 0.1) is 42.9 Å². The Kier molecular flexibility index (Phi) is 10.4. The molecule has 0 spiro atoms. The summed E-state index contributed by atoms with van der Waals surface area (Å²) in [5, 5.41) is 65.5. The van der Waals surface area contributed by atoms with Crippen molar-refractivity contribution in [2.75, 3.05) is 26.9 Å². The summed E-state index contributed by atoms with van der Waals surface area (Å²) in [6.07, 6.45) is -5.54. The molecule has 0 bridgehead atoms. The Morgan fingerprint density at radius 2 is 1.60 bits per heavy atom. The molecule has 42 heavy (non-hydrogen) atoms. The van der Waals surface area contributed by atoms with E-state index in [1.165, 1.54) is 7.11 Å². The molecule has 0 aromatic carbocycles. The second-order valence-electron chi connectivity index (χ2n) is 13.2. The third-order valence-corrected chi connectivity index (χ3v) is 10.8. The summed E-state index contributed by atoms with van der Waals surface area (Å²) in [6.45, 7) is -0.185. The fraction of sp³-hybridized carbons (Fsp3) is 0.931. The Hall–Kier alpha value is -1.10. The molecule has 5 rings (SSSR count). The lowest BCUT2D eigenvalue weighted by atomic mass is 9.52. The highest BCUT2D eigenvalue weighted by Gasteiger charge is 2.62. The van der Waals surface area contributed by atoms with Crippen LogP contribution in [0.3, 0.4) is 0 Å². The van der Waals surface area contributed by atoms with Crippen molar-refractivity contribution < 1.29 is 54.4 Å². The first-order chi connectivity index (χ1) is 20.1. The van der Waals surface area contributed by atoms with Gasteiger partial charge < -0.3 is 55.9 Å². The van der Waals surface area contributed by atoms with E-state index in [4.69, 9.17) is 19.9 Å². The smallest absolute Gasteiger partial charge is 0.186 e. The standard InChI is InChI=1S/C29H48N2O11/c1-40-17-8-18(41-29-28(39)27(38)25(36)19(11-33)42-29)23-22(15(17)10-32)24(35)14-6-13(7-16(34)21(14)26(23)37)3-2-12-4-5-20(30)31-9-12/h12-23,25,27-29,31-34,36,38-39H,2-11,30H2,1H3. The van der Waals surface area contributed by atoms with Crippen LogP contribution in [0.25, 0.3) is 0 Å². The molecule has 240 valence electrons. The summed E-state index contributed by atoms with van der Waals surface area (Å²) >= 11 is 0. The fourth-order valence-corrected chi connectivity index (χ4v) is 8.42. The molecule has 2 aliphatic heterocycles. The molecule has 5 aliphatic rings. The third kappa shape index (κ3) is 6.08. The van der Waals surface area contributed by atoms with Gasteiger partial charge in [0.15, 0.2) is 6.29 Å². The monoisotopic (exact) mass is 600 g/mol. The summed E-state index contributed by atoms with van der Waals surface area (Å²) in [5.74, 6) is -4.14. The van der Waals surface area contributed by atoms with E-state index in [-0.39, 0.29) is 36.7 Å². The van der Waals surface area contributed by atoms with Gasteiger partial charge in [-0.2, -0.15) is 0 Å². The minimum absolute atomic E-state index is 0.0248. The topological polar surface area (TPSA) is 221 Å². The van der Waals surface area contributed by atoms with E-state index < -0.39 is 85.2 Å². The number of hydrogen-bond donors (Lipinski definition) is 8. The van der Waals surface area contributed by atoms with Gasteiger partial charge in [0.25, 0.3) is 0 Å². The summed E-state index contributed by atoms with van der Waals surface area (Å²) in [6, 6.07) is 0. The normalized spacial score (nSPS) is 49.8. The van der Waals surface area contributed by atoms with Crippen molar-refractivity contribution in [2.24, 2.45) is 47.2 Å². The van der Waals surface area contributed by atoms with Crippen molar-refractivity contribution in [2.45, 2.75) is 100 Å². The van der Waals surface area contributed by atoms with Gasteiger partial charge >= 0.3 is 0 Å². The molecule has 3 saturated carbocycles. The molecule has 0 aromatic rings. The molecule has 13 heteroatoms. The van der Waals surface area contributed by atoms with E-state index in [1.807, 2.05) is 0 Å². The second kappa shape index (κ2) is 13.5. The van der Waals surface area contributed by atoms with Gasteiger partial charge in [0.2, 0.25) is 0 Å². The zero-order valence-electron chi connectivity index (χ0n) is 24.1. The maximum absolute atomic E-state index is 14.2. The summed E-state index contributed by atoms with van der Waals surface area (Å²) in [7, 11) is 1.45. The molecule has 3 aliphatic carbocycles. The summed E-state index contributed by atoms with van der Waals surface area (Å²) in [5.41, 5.74) is 5.94. The van der Waals surface area contributed by atoms with Gasteiger partial charge in [0.1, 0.15) is 36.0 Å². The molecule has 0 amide bonds. The number of ether oxygens (including phenoxy) is 3. The number of nitrogens with two attached hydrogens (primary N) is 1. The van der Waals surface area contributed by atoms with Crippen molar-refractivity contribution in [3.63, 3.8) is 0 Å². The van der Waals surface area contributed by atoms with E-state index in [9.17, 15) is 40.2 Å². The van der Waals surface area contributed by atoms with Crippen LogP contribution in [0, 0.1) is 41.4 Å². The Labute approximate surface area is 245 Å². The lowest BCUT2D eigenvalue weighted by Crippen LogP contribution is -2.65. The molecule has 2 heterocycles. The van der Waals surface area contributed by atoms with Gasteiger partial charge in [0, 0.05) is 37.9 Å². The second-order valence-corrected chi connectivity index (χ2v) is 13.2. The Morgan fingerprint density at radius 1 is 0.857 bits per heavy atom. The summed E-state index contributed by atoms with van der Waals surface area (Å²) < 4.78 is 17.3. The molecular formula is C29H48N2O11. The Bertz CT molecular complexity index is 947. The molecule has 0 aromatic heterocycles. The van der Waals surface area contributed by atoms with Crippen LogP contribution in [0.2, 0.25) is 0 Å². The quantitative estimate of drug-likeness (QED) is 0.146. The van der Waals surface area contributed by atoms with E-state index in [2.05, 4.69) is 5.32 Å². The van der Waals surface area contributed by atoms with Crippen LogP contribution in [-0.2, 0) is 23.8 Å². The maximum Gasteiger partial charge on any atom is 0.186 e. The number of rotatable bonds is 8. The average molecular weight is 601 g/mol. The van der Waals surface area contributed by atoms with E-state index in [1.54, 1.807) is 0 Å².